The highest BCUT2D eigenvalue weighted by Crippen LogP contribution is 2.40. The maximum absolute atomic E-state index is 12.3. The van der Waals surface area contributed by atoms with Crippen molar-refractivity contribution in [2.45, 2.75) is 24.4 Å². The van der Waals surface area contributed by atoms with Gasteiger partial charge in [-0.05, 0) is 18.1 Å². The number of carboxylic acids is 1. The third kappa shape index (κ3) is 3.58. The van der Waals surface area contributed by atoms with Gasteiger partial charge in [0, 0.05) is 5.75 Å². The first-order chi connectivity index (χ1) is 11.4. The molecule has 1 aromatic rings. The van der Waals surface area contributed by atoms with E-state index in [2.05, 4.69) is 5.32 Å². The van der Waals surface area contributed by atoms with E-state index in [1.54, 1.807) is 31.2 Å². The first-order valence-corrected chi connectivity index (χ1v) is 8.45. The number of carboxylic acid groups (broad SMARTS) is 1. The second kappa shape index (κ2) is 8.32. The topological polar surface area (TPSA) is 176 Å². The predicted molar refractivity (Wildman–Crippen MR) is 96.0 cm³/mol. The van der Waals surface area contributed by atoms with E-state index in [0.717, 1.165) is 0 Å². The Bertz CT molecular complexity index is 739. The molecule has 26 heavy (non-hydrogen) atoms. The molecule has 9 nitrogen and oxygen atoms in total. The molecule has 142 valence electrons. The van der Waals surface area contributed by atoms with Crippen molar-refractivity contribution in [1.82, 2.24) is 10.2 Å². The molecule has 2 aliphatic rings. The molecule has 10 heteroatoms. The summed E-state index contributed by atoms with van der Waals surface area (Å²) in [6, 6.07) is 7.23. The van der Waals surface area contributed by atoms with E-state index in [-0.39, 0.29) is 16.6 Å². The van der Waals surface area contributed by atoms with Crippen LogP contribution in [0.1, 0.15) is 18.5 Å². The van der Waals surface area contributed by atoms with E-state index in [4.69, 9.17) is 5.73 Å². The second-order valence-corrected chi connectivity index (χ2v) is 6.82. The summed E-state index contributed by atoms with van der Waals surface area (Å²) < 4.78 is 0. The zero-order valence-corrected chi connectivity index (χ0v) is 14.7. The quantitative estimate of drug-likeness (QED) is 0.550. The standard InChI is InChI=1S/C16H17N3O4S.2H2O/c1-8-7-24-15-11(14(21)19(15)12(8)16(22)23)18-13(20)10(17)9-5-3-2-4-6-9;;/h2-6,10-11,15H,7,17H2,1H3,(H,18,20)(H,22,23);2*1H2/t10-,11-,15-;;/m1../s1. The van der Waals surface area contributed by atoms with Crippen molar-refractivity contribution in [2.75, 3.05) is 5.75 Å². The van der Waals surface area contributed by atoms with Gasteiger partial charge in [0.1, 0.15) is 23.2 Å². The Morgan fingerprint density at radius 1 is 1.31 bits per heavy atom. The van der Waals surface area contributed by atoms with Gasteiger partial charge in [-0.25, -0.2) is 4.79 Å². The smallest absolute Gasteiger partial charge is 0.352 e. The molecule has 0 unspecified atom stereocenters. The van der Waals surface area contributed by atoms with Crippen molar-refractivity contribution in [3.8, 4) is 0 Å². The van der Waals surface area contributed by atoms with Crippen LogP contribution in [0, 0.1) is 0 Å². The first-order valence-electron chi connectivity index (χ1n) is 7.40. The molecule has 0 radical (unpaired) electrons. The van der Waals surface area contributed by atoms with Gasteiger partial charge in [0.15, 0.2) is 0 Å². The van der Waals surface area contributed by atoms with Gasteiger partial charge in [-0.3, -0.25) is 14.5 Å². The van der Waals surface area contributed by atoms with Crippen molar-refractivity contribution in [3.63, 3.8) is 0 Å². The predicted octanol–water partition coefficient (Wildman–Crippen LogP) is -1.20. The van der Waals surface area contributed by atoms with Gasteiger partial charge >= 0.3 is 5.97 Å². The zero-order chi connectivity index (χ0) is 17.4. The number of hydrogen-bond donors (Lipinski definition) is 3. The Morgan fingerprint density at radius 2 is 1.92 bits per heavy atom. The van der Waals surface area contributed by atoms with Crippen LogP contribution >= 0.6 is 11.8 Å². The second-order valence-electron chi connectivity index (χ2n) is 5.72. The number of carbonyl (C=O) groups is 3. The summed E-state index contributed by atoms with van der Waals surface area (Å²) in [6.45, 7) is 1.69. The van der Waals surface area contributed by atoms with E-state index < -0.39 is 35.2 Å². The minimum Gasteiger partial charge on any atom is -0.477 e. The minimum absolute atomic E-state index is 0. The van der Waals surface area contributed by atoms with Gasteiger partial charge in [0.25, 0.3) is 5.91 Å². The molecule has 2 heterocycles. The van der Waals surface area contributed by atoms with Crippen LogP contribution in [0.3, 0.4) is 0 Å². The maximum Gasteiger partial charge on any atom is 0.352 e. The number of nitrogens with two attached hydrogens (primary N) is 1. The Hall–Kier alpha value is -2.40. The van der Waals surface area contributed by atoms with E-state index in [1.807, 2.05) is 6.07 Å². The average molecular weight is 383 g/mol. The number of amides is 2. The highest BCUT2D eigenvalue weighted by Gasteiger charge is 2.53. The molecule has 0 aromatic heterocycles. The van der Waals surface area contributed by atoms with E-state index >= 15 is 0 Å². The van der Waals surface area contributed by atoms with Crippen LogP contribution < -0.4 is 11.1 Å². The molecular formula is C16H21N3O6S. The summed E-state index contributed by atoms with van der Waals surface area (Å²) in [5.41, 5.74) is 7.24. The van der Waals surface area contributed by atoms with Gasteiger partial charge in [0.05, 0.1) is 0 Å². The molecule has 0 bridgehead atoms. The number of benzene rings is 1. The summed E-state index contributed by atoms with van der Waals surface area (Å²) in [4.78, 5) is 37.2. The number of nitrogens with zero attached hydrogens (tertiary/aromatic N) is 1. The number of aliphatic carboxylic acids is 1. The van der Waals surface area contributed by atoms with Crippen LogP contribution in [0.5, 0.6) is 0 Å². The van der Waals surface area contributed by atoms with Gasteiger partial charge < -0.3 is 27.1 Å². The van der Waals surface area contributed by atoms with Crippen molar-refractivity contribution >= 4 is 29.5 Å². The number of nitrogens with one attached hydrogen (secondary N) is 1. The lowest BCUT2D eigenvalue weighted by molar-refractivity contribution is -0.150. The number of fused-ring (bicyclic) bond motifs is 1. The third-order valence-corrected chi connectivity index (χ3v) is 5.52. The fraction of sp³-hybridized carbons (Fsp3) is 0.312. The molecule has 0 aliphatic carbocycles. The normalized spacial score (nSPS) is 22.2. The maximum atomic E-state index is 12.3. The lowest BCUT2D eigenvalue weighted by Gasteiger charge is -2.49. The van der Waals surface area contributed by atoms with E-state index in [0.29, 0.717) is 16.9 Å². The summed E-state index contributed by atoms with van der Waals surface area (Å²) >= 11 is 1.43. The average Bonchev–Trinajstić information content (AvgIpc) is 2.59. The van der Waals surface area contributed by atoms with Crippen molar-refractivity contribution < 1.29 is 30.4 Å². The van der Waals surface area contributed by atoms with Gasteiger partial charge in [-0.2, -0.15) is 0 Å². The van der Waals surface area contributed by atoms with Gasteiger partial charge in [-0.1, -0.05) is 30.3 Å². The largest absolute Gasteiger partial charge is 0.477 e. The van der Waals surface area contributed by atoms with E-state index in [9.17, 15) is 19.5 Å². The van der Waals surface area contributed by atoms with Crippen LogP contribution in [0.25, 0.3) is 0 Å². The Labute approximate surface area is 153 Å². The number of carbonyl (C=O) groups excluding carboxylic acids is 2. The van der Waals surface area contributed by atoms with Crippen LogP contribution in [0.2, 0.25) is 0 Å². The summed E-state index contributed by atoms with van der Waals surface area (Å²) in [7, 11) is 0. The van der Waals surface area contributed by atoms with Crippen molar-refractivity contribution in [1.29, 1.82) is 0 Å². The lowest BCUT2D eigenvalue weighted by Crippen LogP contribution is -2.71. The first kappa shape index (κ1) is 21.6. The summed E-state index contributed by atoms with van der Waals surface area (Å²) in [5.74, 6) is -1.50. The number of hydrogen-bond acceptors (Lipinski definition) is 5. The summed E-state index contributed by atoms with van der Waals surface area (Å²) in [5, 5.41) is 11.5. The monoisotopic (exact) mass is 383 g/mol. The fourth-order valence-corrected chi connectivity index (χ4v) is 4.12. The molecule has 3 atom stereocenters. The summed E-state index contributed by atoms with van der Waals surface area (Å²) in [6.07, 6.45) is 0. The van der Waals surface area contributed by atoms with Crippen LogP contribution in [-0.2, 0) is 14.4 Å². The van der Waals surface area contributed by atoms with Crippen LogP contribution in [0.15, 0.2) is 41.6 Å². The number of rotatable bonds is 4. The highest BCUT2D eigenvalue weighted by molar-refractivity contribution is 8.00. The highest BCUT2D eigenvalue weighted by atomic mass is 32.2. The number of β-lactam (4-membered cyclic amide) rings is 1. The lowest BCUT2D eigenvalue weighted by atomic mass is 10.0. The van der Waals surface area contributed by atoms with E-state index in [1.165, 1.54) is 16.7 Å². The minimum atomic E-state index is -1.13. The Balaban J connectivity index is 0.00000169. The number of thioether (sulfide) groups is 1. The molecule has 8 N–H and O–H groups in total. The Morgan fingerprint density at radius 3 is 2.50 bits per heavy atom. The molecule has 1 fully saturated rings. The molecule has 2 aliphatic heterocycles. The fourth-order valence-electron chi connectivity index (χ4n) is 2.83. The van der Waals surface area contributed by atoms with Gasteiger partial charge in [-0.15, -0.1) is 11.8 Å². The van der Waals surface area contributed by atoms with Crippen LogP contribution in [-0.4, -0.2) is 55.9 Å². The molecule has 0 spiro atoms. The molecule has 1 saturated heterocycles. The van der Waals surface area contributed by atoms with Crippen molar-refractivity contribution in [3.05, 3.63) is 47.2 Å². The van der Waals surface area contributed by atoms with Crippen LogP contribution in [0.4, 0.5) is 0 Å². The molecule has 0 saturated carbocycles. The Kier molecular flexibility index (Phi) is 6.93. The van der Waals surface area contributed by atoms with Crippen molar-refractivity contribution in [2.24, 2.45) is 5.73 Å². The zero-order valence-electron chi connectivity index (χ0n) is 13.9. The SMILES string of the molecule is CC1=C(C(=O)O)N2C(=O)[C@@H](NC(=O)[C@H](N)c3ccccc3)[C@H]2SC1.O.O. The molecule has 1 aromatic carbocycles. The van der Waals surface area contributed by atoms with Gasteiger partial charge in [0.2, 0.25) is 5.91 Å². The molecule has 3 rings (SSSR count). The third-order valence-electron chi connectivity index (χ3n) is 4.10. The molecule has 2 amide bonds. The molecular weight excluding hydrogens is 362 g/mol.